The third kappa shape index (κ3) is 4.26. The van der Waals surface area contributed by atoms with E-state index in [0.717, 1.165) is 41.0 Å². The van der Waals surface area contributed by atoms with Crippen LogP contribution in [0, 0.1) is 13.8 Å². The maximum Gasteiger partial charge on any atom is 0.237 e. The molecule has 8 nitrogen and oxygen atoms in total. The maximum atomic E-state index is 5.51. The van der Waals surface area contributed by atoms with E-state index >= 15 is 0 Å². The molecule has 1 saturated heterocycles. The van der Waals surface area contributed by atoms with E-state index in [0.29, 0.717) is 30.7 Å². The zero-order valence-corrected chi connectivity index (χ0v) is 18.9. The molecule has 5 rings (SSSR count). The van der Waals surface area contributed by atoms with Crippen LogP contribution in [-0.2, 0) is 10.5 Å². The molecule has 1 fully saturated rings. The van der Waals surface area contributed by atoms with Gasteiger partial charge in [-0.05, 0) is 31.5 Å². The normalized spacial score (nSPS) is 14.1. The fourth-order valence-electron chi connectivity index (χ4n) is 3.62. The molecule has 1 aliphatic heterocycles. The number of morpholine rings is 1. The monoisotopic (exact) mass is 448 g/mol. The predicted molar refractivity (Wildman–Crippen MR) is 123 cm³/mol. The number of hydrogen-bond donors (Lipinski definition) is 0. The van der Waals surface area contributed by atoms with Crippen LogP contribution in [0.4, 0.5) is 5.95 Å². The average Bonchev–Trinajstić information content (AvgIpc) is 3.46. The van der Waals surface area contributed by atoms with E-state index in [2.05, 4.69) is 61.0 Å². The third-order valence-electron chi connectivity index (χ3n) is 5.38. The molecule has 0 unspecified atom stereocenters. The van der Waals surface area contributed by atoms with Crippen molar-refractivity contribution in [2.45, 2.75) is 24.8 Å². The SMILES string of the molecule is Cc1ccc(-n2c(SCc3nc(-c4ccccc4C)no3)nnc2N2CCOCC2)cc1. The summed E-state index contributed by atoms with van der Waals surface area (Å²) in [5.74, 6) is 2.49. The van der Waals surface area contributed by atoms with Crippen molar-refractivity contribution in [3.8, 4) is 17.1 Å². The van der Waals surface area contributed by atoms with Gasteiger partial charge in [0.1, 0.15) is 0 Å². The lowest BCUT2D eigenvalue weighted by Gasteiger charge is -2.27. The molecule has 164 valence electrons. The molecule has 3 heterocycles. The van der Waals surface area contributed by atoms with Crippen LogP contribution in [-0.4, -0.2) is 51.2 Å². The van der Waals surface area contributed by atoms with Crippen molar-refractivity contribution in [3.05, 3.63) is 65.5 Å². The van der Waals surface area contributed by atoms with Crippen LogP contribution in [0.1, 0.15) is 17.0 Å². The summed E-state index contributed by atoms with van der Waals surface area (Å²) >= 11 is 1.53. The maximum absolute atomic E-state index is 5.51. The first-order valence-electron chi connectivity index (χ1n) is 10.6. The number of nitrogens with zero attached hydrogens (tertiary/aromatic N) is 6. The van der Waals surface area contributed by atoms with Gasteiger partial charge in [0, 0.05) is 18.7 Å². The Morgan fingerprint density at radius 1 is 0.969 bits per heavy atom. The lowest BCUT2D eigenvalue weighted by molar-refractivity contribution is 0.122. The lowest BCUT2D eigenvalue weighted by Crippen LogP contribution is -2.37. The summed E-state index contributed by atoms with van der Waals surface area (Å²) in [6.45, 7) is 7.07. The summed E-state index contributed by atoms with van der Waals surface area (Å²) in [6, 6.07) is 16.4. The summed E-state index contributed by atoms with van der Waals surface area (Å²) in [5.41, 5.74) is 4.32. The van der Waals surface area contributed by atoms with E-state index in [1.807, 2.05) is 31.2 Å². The highest BCUT2D eigenvalue weighted by Gasteiger charge is 2.22. The minimum Gasteiger partial charge on any atom is -0.378 e. The van der Waals surface area contributed by atoms with Gasteiger partial charge in [-0.25, -0.2) is 0 Å². The van der Waals surface area contributed by atoms with Crippen LogP contribution in [0.3, 0.4) is 0 Å². The van der Waals surface area contributed by atoms with Crippen LogP contribution in [0.2, 0.25) is 0 Å². The number of rotatable bonds is 6. The number of aromatic nitrogens is 5. The highest BCUT2D eigenvalue weighted by molar-refractivity contribution is 7.98. The molecule has 2 aromatic carbocycles. The second-order valence-corrected chi connectivity index (χ2v) is 8.61. The van der Waals surface area contributed by atoms with Crippen LogP contribution in [0.25, 0.3) is 17.1 Å². The zero-order chi connectivity index (χ0) is 21.9. The highest BCUT2D eigenvalue weighted by Crippen LogP contribution is 2.30. The number of hydrogen-bond acceptors (Lipinski definition) is 8. The minimum absolute atomic E-state index is 0.506. The second-order valence-electron chi connectivity index (χ2n) is 7.67. The first-order valence-corrected chi connectivity index (χ1v) is 11.5. The predicted octanol–water partition coefficient (Wildman–Crippen LogP) is 4.06. The van der Waals surface area contributed by atoms with Crippen molar-refractivity contribution in [2.75, 3.05) is 31.2 Å². The Kier molecular flexibility index (Phi) is 5.91. The summed E-state index contributed by atoms with van der Waals surface area (Å²) in [6.07, 6.45) is 0. The van der Waals surface area contributed by atoms with Gasteiger partial charge < -0.3 is 14.2 Å². The molecule has 0 bridgehead atoms. The molecule has 1 aliphatic rings. The summed E-state index contributed by atoms with van der Waals surface area (Å²) in [4.78, 5) is 6.80. The second kappa shape index (κ2) is 9.13. The Labute approximate surface area is 190 Å². The van der Waals surface area contributed by atoms with Crippen molar-refractivity contribution in [1.29, 1.82) is 0 Å². The van der Waals surface area contributed by atoms with Crippen LogP contribution in [0.15, 0.2) is 58.2 Å². The number of aryl methyl sites for hydroxylation is 2. The van der Waals surface area contributed by atoms with Crippen molar-refractivity contribution < 1.29 is 9.26 Å². The van der Waals surface area contributed by atoms with Crippen LogP contribution in [0.5, 0.6) is 0 Å². The van der Waals surface area contributed by atoms with Gasteiger partial charge in [-0.3, -0.25) is 4.57 Å². The molecule has 2 aromatic heterocycles. The van der Waals surface area contributed by atoms with E-state index in [1.54, 1.807) is 0 Å². The first-order chi connectivity index (χ1) is 15.7. The fraction of sp³-hybridized carbons (Fsp3) is 0.304. The van der Waals surface area contributed by atoms with E-state index < -0.39 is 0 Å². The van der Waals surface area contributed by atoms with E-state index in [1.165, 1.54) is 17.3 Å². The molecule has 9 heteroatoms. The number of thioether (sulfide) groups is 1. The van der Waals surface area contributed by atoms with Crippen molar-refractivity contribution in [3.63, 3.8) is 0 Å². The Hall–Kier alpha value is -3.17. The number of benzene rings is 2. The van der Waals surface area contributed by atoms with Crippen LogP contribution >= 0.6 is 11.8 Å². The Bertz CT molecular complexity index is 1200. The number of anilines is 1. The smallest absolute Gasteiger partial charge is 0.237 e. The molecule has 0 amide bonds. The van der Waals surface area contributed by atoms with Gasteiger partial charge in [0.05, 0.1) is 24.7 Å². The van der Waals surface area contributed by atoms with Gasteiger partial charge in [-0.2, -0.15) is 4.98 Å². The summed E-state index contributed by atoms with van der Waals surface area (Å²) < 4.78 is 13.1. The standard InChI is InChI=1S/C23H24N6O2S/c1-16-7-9-18(10-8-16)29-22(28-11-13-30-14-12-28)25-26-23(29)32-15-20-24-21(27-31-20)19-6-4-3-5-17(19)2/h3-10H,11-15H2,1-2H3. The Morgan fingerprint density at radius 2 is 1.75 bits per heavy atom. The van der Waals surface area contributed by atoms with Crippen molar-refractivity contribution in [2.24, 2.45) is 0 Å². The molecule has 0 aliphatic carbocycles. The molecular formula is C23H24N6O2S. The van der Waals surface area contributed by atoms with Gasteiger partial charge in [0.25, 0.3) is 0 Å². The minimum atomic E-state index is 0.506. The fourth-order valence-corrected chi connectivity index (χ4v) is 4.40. The molecule has 0 saturated carbocycles. The zero-order valence-electron chi connectivity index (χ0n) is 18.1. The Balaban J connectivity index is 1.41. The molecule has 32 heavy (non-hydrogen) atoms. The first kappa shape index (κ1) is 20.7. The topological polar surface area (TPSA) is 82.1 Å². The molecule has 0 spiro atoms. The molecule has 4 aromatic rings. The average molecular weight is 449 g/mol. The van der Waals surface area contributed by atoms with Gasteiger partial charge in [-0.15, -0.1) is 10.2 Å². The largest absolute Gasteiger partial charge is 0.378 e. The van der Waals surface area contributed by atoms with Gasteiger partial charge >= 0.3 is 0 Å². The summed E-state index contributed by atoms with van der Waals surface area (Å²) in [5, 5.41) is 13.9. The third-order valence-corrected chi connectivity index (χ3v) is 6.29. The van der Waals surface area contributed by atoms with Gasteiger partial charge in [0.15, 0.2) is 5.16 Å². The summed E-state index contributed by atoms with van der Waals surface area (Å²) in [7, 11) is 0. The highest BCUT2D eigenvalue weighted by atomic mass is 32.2. The lowest BCUT2D eigenvalue weighted by atomic mass is 10.1. The molecule has 0 N–H and O–H groups in total. The Morgan fingerprint density at radius 3 is 2.53 bits per heavy atom. The van der Waals surface area contributed by atoms with Crippen LogP contribution < -0.4 is 4.90 Å². The van der Waals surface area contributed by atoms with E-state index in [4.69, 9.17) is 9.26 Å². The van der Waals surface area contributed by atoms with Crippen molar-refractivity contribution >= 4 is 17.7 Å². The quantitative estimate of drug-likeness (QED) is 0.409. The van der Waals surface area contributed by atoms with Gasteiger partial charge in [-0.1, -0.05) is 58.9 Å². The van der Waals surface area contributed by atoms with E-state index in [-0.39, 0.29) is 0 Å². The molecular weight excluding hydrogens is 424 g/mol. The number of ether oxygens (including phenoxy) is 1. The molecule has 0 radical (unpaired) electrons. The van der Waals surface area contributed by atoms with Crippen molar-refractivity contribution in [1.82, 2.24) is 24.9 Å². The molecule has 0 atom stereocenters. The van der Waals surface area contributed by atoms with E-state index in [9.17, 15) is 0 Å². The van der Waals surface area contributed by atoms with Gasteiger partial charge in [0.2, 0.25) is 17.7 Å².